The Morgan fingerprint density at radius 3 is 1.78 bits per heavy atom. The summed E-state index contributed by atoms with van der Waals surface area (Å²) in [6, 6.07) is 54.5. The third-order valence-electron chi connectivity index (χ3n) is 11.5. The first-order valence-electron chi connectivity index (χ1n) is 17.9. The minimum absolute atomic E-state index is 0.266. The summed E-state index contributed by atoms with van der Waals surface area (Å²) in [5.74, 6) is 0.622. The average Bonchev–Trinajstić information content (AvgIpc) is 3.66. The molecule has 50 heavy (non-hydrogen) atoms. The fraction of sp³-hybridized carbons (Fsp3) is 0.102. The quantitative estimate of drug-likeness (QED) is 0.181. The van der Waals surface area contributed by atoms with Gasteiger partial charge in [-0.1, -0.05) is 152 Å². The summed E-state index contributed by atoms with van der Waals surface area (Å²) in [6.07, 6.45) is 18.3. The van der Waals surface area contributed by atoms with E-state index in [1.54, 1.807) is 0 Å². The number of benzene rings is 6. The van der Waals surface area contributed by atoms with Gasteiger partial charge in [-0.15, -0.1) is 0 Å². The fourth-order valence-electron chi connectivity index (χ4n) is 9.28. The van der Waals surface area contributed by atoms with Crippen LogP contribution in [0.2, 0.25) is 0 Å². The van der Waals surface area contributed by atoms with Crippen LogP contribution in [0.15, 0.2) is 188 Å². The van der Waals surface area contributed by atoms with E-state index < -0.39 is 0 Å². The molecule has 4 aliphatic rings. The molecule has 0 aromatic heterocycles. The van der Waals surface area contributed by atoms with Gasteiger partial charge in [0.1, 0.15) is 0 Å². The third-order valence-corrected chi connectivity index (χ3v) is 11.5. The van der Waals surface area contributed by atoms with Crippen LogP contribution < -0.4 is 4.90 Å². The highest BCUT2D eigenvalue weighted by atomic mass is 15.1. The molecule has 0 heterocycles. The van der Waals surface area contributed by atoms with Crippen molar-refractivity contribution < 1.29 is 0 Å². The standard InChI is InChI=1S/C49H37N/c1-3-13-34(14-4-1)36-23-27-38(28-24-36)50(39-29-25-37(26-30-39)35-15-5-2-6-16-35)40-31-32-44-43-19-9-12-22-47(43)49(48(44)33-40)45-20-10-7-17-41(45)42-18-8-11-21-46(42)49/h1-5,7-15,17-33,43,47H,6,16H2/t43-,47?/m0/s1. The van der Waals surface area contributed by atoms with Gasteiger partial charge >= 0.3 is 0 Å². The molecule has 1 nitrogen and oxygen atoms in total. The summed E-state index contributed by atoms with van der Waals surface area (Å²) >= 11 is 0. The lowest BCUT2D eigenvalue weighted by Crippen LogP contribution is -2.33. The monoisotopic (exact) mass is 639 g/mol. The molecule has 6 aromatic carbocycles. The molecule has 6 aromatic rings. The molecular formula is C49H37N. The largest absolute Gasteiger partial charge is 0.310 e. The van der Waals surface area contributed by atoms with Crippen molar-refractivity contribution in [3.05, 3.63) is 216 Å². The number of fused-ring (bicyclic) bond motifs is 10. The van der Waals surface area contributed by atoms with Gasteiger partial charge in [-0.25, -0.2) is 0 Å². The Kier molecular flexibility index (Phi) is 6.74. The Bertz CT molecular complexity index is 2320. The minimum atomic E-state index is -0.266. The highest BCUT2D eigenvalue weighted by molar-refractivity contribution is 5.87. The van der Waals surface area contributed by atoms with E-state index in [9.17, 15) is 0 Å². The zero-order valence-corrected chi connectivity index (χ0v) is 27.9. The Morgan fingerprint density at radius 1 is 0.500 bits per heavy atom. The van der Waals surface area contributed by atoms with Gasteiger partial charge in [-0.2, -0.15) is 0 Å². The normalized spacial score (nSPS) is 18.7. The first-order chi connectivity index (χ1) is 24.8. The second-order valence-electron chi connectivity index (χ2n) is 13.9. The maximum atomic E-state index is 2.52. The number of anilines is 3. The third kappa shape index (κ3) is 4.33. The molecule has 0 saturated heterocycles. The summed E-state index contributed by atoms with van der Waals surface area (Å²) in [5.41, 5.74) is 16.8. The molecule has 0 saturated carbocycles. The molecule has 0 amide bonds. The maximum Gasteiger partial charge on any atom is 0.0538 e. The molecule has 0 radical (unpaired) electrons. The zero-order valence-electron chi connectivity index (χ0n) is 27.9. The van der Waals surface area contributed by atoms with Crippen molar-refractivity contribution >= 4 is 22.6 Å². The lowest BCUT2D eigenvalue weighted by atomic mass is 9.65. The van der Waals surface area contributed by atoms with E-state index in [2.05, 4.69) is 193 Å². The SMILES string of the molecule is C1=CCCC(c2ccc(N(c3ccc(-c4ccccc4)cc3)c3ccc4c(c3)C3(c5ccccc5-c5ccccc53)C3C=CC=C[C@@H]43)cc2)=C1. The van der Waals surface area contributed by atoms with E-state index in [4.69, 9.17) is 0 Å². The highest BCUT2D eigenvalue weighted by Gasteiger charge is 2.57. The maximum absolute atomic E-state index is 2.52. The van der Waals surface area contributed by atoms with Gasteiger partial charge in [-0.3, -0.25) is 0 Å². The van der Waals surface area contributed by atoms with E-state index in [-0.39, 0.29) is 5.41 Å². The van der Waals surface area contributed by atoms with Crippen molar-refractivity contribution in [3.8, 4) is 22.3 Å². The molecule has 0 N–H and O–H groups in total. The van der Waals surface area contributed by atoms with Gasteiger partial charge in [0, 0.05) is 28.9 Å². The van der Waals surface area contributed by atoms with E-state index in [1.165, 1.54) is 61.3 Å². The van der Waals surface area contributed by atoms with E-state index in [0.717, 1.165) is 24.2 Å². The topological polar surface area (TPSA) is 3.24 Å². The number of nitrogens with zero attached hydrogens (tertiary/aromatic N) is 1. The van der Waals surface area contributed by atoms with Crippen molar-refractivity contribution in [1.82, 2.24) is 0 Å². The van der Waals surface area contributed by atoms with Crippen molar-refractivity contribution in [1.29, 1.82) is 0 Å². The van der Waals surface area contributed by atoms with E-state index in [1.807, 2.05) is 0 Å². The summed E-state index contributed by atoms with van der Waals surface area (Å²) in [6.45, 7) is 0. The fourth-order valence-corrected chi connectivity index (χ4v) is 9.28. The molecule has 1 unspecified atom stereocenters. The van der Waals surface area contributed by atoms with Crippen LogP contribution in [-0.2, 0) is 5.41 Å². The van der Waals surface area contributed by atoms with Crippen LogP contribution in [0.1, 0.15) is 46.6 Å². The van der Waals surface area contributed by atoms with Gasteiger partial charge in [0.15, 0.2) is 0 Å². The van der Waals surface area contributed by atoms with Crippen molar-refractivity contribution in [2.75, 3.05) is 4.90 Å². The van der Waals surface area contributed by atoms with Gasteiger partial charge < -0.3 is 4.90 Å². The molecule has 1 heteroatoms. The minimum Gasteiger partial charge on any atom is -0.310 e. The summed E-state index contributed by atoms with van der Waals surface area (Å²) in [7, 11) is 0. The van der Waals surface area contributed by atoms with Gasteiger partial charge in [0.05, 0.1) is 5.41 Å². The molecule has 10 rings (SSSR count). The lowest BCUT2D eigenvalue weighted by molar-refractivity contribution is 0.465. The van der Waals surface area contributed by atoms with Crippen molar-refractivity contribution in [2.45, 2.75) is 24.2 Å². The second-order valence-corrected chi connectivity index (χ2v) is 13.9. The van der Waals surface area contributed by atoms with Crippen LogP contribution in [0.5, 0.6) is 0 Å². The van der Waals surface area contributed by atoms with E-state index in [0.29, 0.717) is 11.8 Å². The molecule has 238 valence electrons. The highest BCUT2D eigenvalue weighted by Crippen LogP contribution is 2.65. The summed E-state index contributed by atoms with van der Waals surface area (Å²) in [4.78, 5) is 2.45. The van der Waals surface area contributed by atoms with Crippen molar-refractivity contribution in [3.63, 3.8) is 0 Å². The van der Waals surface area contributed by atoms with Crippen molar-refractivity contribution in [2.24, 2.45) is 5.92 Å². The molecule has 0 bridgehead atoms. The predicted octanol–water partition coefficient (Wildman–Crippen LogP) is 12.7. The lowest BCUT2D eigenvalue weighted by Gasteiger charge is -2.36. The number of rotatable bonds is 5. The van der Waals surface area contributed by atoms with Crippen LogP contribution in [0.4, 0.5) is 17.1 Å². The van der Waals surface area contributed by atoms with Crippen LogP contribution in [0.3, 0.4) is 0 Å². The second kappa shape index (κ2) is 11.6. The Morgan fingerprint density at radius 2 is 1.10 bits per heavy atom. The summed E-state index contributed by atoms with van der Waals surface area (Å²) in [5, 5.41) is 0. The van der Waals surface area contributed by atoms with Crippen LogP contribution in [0.25, 0.3) is 27.8 Å². The van der Waals surface area contributed by atoms with Crippen LogP contribution >= 0.6 is 0 Å². The smallest absolute Gasteiger partial charge is 0.0538 e. The Hall–Kier alpha value is -5.92. The number of allylic oxidation sites excluding steroid dienone is 8. The molecule has 0 aliphatic heterocycles. The molecule has 4 aliphatic carbocycles. The molecule has 1 spiro atoms. The summed E-state index contributed by atoms with van der Waals surface area (Å²) < 4.78 is 0. The van der Waals surface area contributed by atoms with Crippen LogP contribution in [0, 0.1) is 5.92 Å². The number of hydrogen-bond acceptors (Lipinski definition) is 1. The first kappa shape index (κ1) is 29.0. The zero-order chi connectivity index (χ0) is 33.1. The first-order valence-corrected chi connectivity index (χ1v) is 17.9. The van der Waals surface area contributed by atoms with Crippen LogP contribution in [-0.4, -0.2) is 0 Å². The average molecular weight is 640 g/mol. The molecule has 2 atom stereocenters. The predicted molar refractivity (Wildman–Crippen MR) is 209 cm³/mol. The van der Waals surface area contributed by atoms with Gasteiger partial charge in [0.2, 0.25) is 0 Å². The van der Waals surface area contributed by atoms with E-state index >= 15 is 0 Å². The molecular weight excluding hydrogens is 603 g/mol. The number of hydrogen-bond donors (Lipinski definition) is 0. The Labute approximate surface area is 294 Å². The molecule has 0 fully saturated rings. The van der Waals surface area contributed by atoms with Gasteiger partial charge in [-0.05, 0) is 105 Å². The Balaban J connectivity index is 1.17. The van der Waals surface area contributed by atoms with Gasteiger partial charge in [0.25, 0.3) is 0 Å².